The van der Waals surface area contributed by atoms with Crippen LogP contribution in [-0.2, 0) is 16.0 Å². The van der Waals surface area contributed by atoms with Gasteiger partial charge < -0.3 is 21.3 Å². The van der Waals surface area contributed by atoms with Crippen LogP contribution >= 0.6 is 34.5 Å². The third kappa shape index (κ3) is 6.33. The Balaban J connectivity index is 1.75. The molecule has 1 unspecified atom stereocenters. The summed E-state index contributed by atoms with van der Waals surface area (Å²) in [5.41, 5.74) is 7.35. The highest BCUT2D eigenvalue weighted by Gasteiger charge is 2.35. The van der Waals surface area contributed by atoms with Crippen LogP contribution in [0.15, 0.2) is 53.9 Å². The topological polar surface area (TPSA) is 105 Å². The van der Waals surface area contributed by atoms with Crippen LogP contribution in [0.5, 0.6) is 0 Å². The number of halogens is 2. The van der Waals surface area contributed by atoms with Gasteiger partial charge >= 0.3 is 0 Å². The first-order valence-electron chi connectivity index (χ1n) is 11.8. The summed E-state index contributed by atoms with van der Waals surface area (Å²) in [6.07, 6.45) is 0.141. The molecule has 0 bridgehead atoms. The Kier molecular flexibility index (Phi) is 8.23. The van der Waals surface area contributed by atoms with Gasteiger partial charge in [0, 0.05) is 27.0 Å². The van der Waals surface area contributed by atoms with Crippen molar-refractivity contribution in [3.05, 3.63) is 80.0 Å². The molecule has 37 heavy (non-hydrogen) atoms. The highest BCUT2D eigenvalue weighted by Crippen LogP contribution is 2.41. The predicted octanol–water partition coefficient (Wildman–Crippen LogP) is 5.43. The summed E-state index contributed by atoms with van der Waals surface area (Å²) in [5.74, 6) is -0.791. The Bertz CT molecular complexity index is 1330. The van der Waals surface area contributed by atoms with Gasteiger partial charge in [0.1, 0.15) is 0 Å². The van der Waals surface area contributed by atoms with Crippen molar-refractivity contribution in [2.24, 2.45) is 11.1 Å². The SMILES string of the molecule is CC(C)(CN)CNC(=O)c1ccc2c(c1)NC(=O)CC(c1ccc(Cl)cc1Cl)N2C(=O)Cc1cccs1. The maximum absolute atomic E-state index is 13.7. The van der Waals surface area contributed by atoms with E-state index in [9.17, 15) is 14.4 Å². The van der Waals surface area contributed by atoms with Crippen molar-refractivity contribution in [2.45, 2.75) is 32.7 Å². The number of anilines is 2. The summed E-state index contributed by atoms with van der Waals surface area (Å²) in [6.45, 7) is 4.74. The summed E-state index contributed by atoms with van der Waals surface area (Å²) in [4.78, 5) is 42.2. The zero-order valence-corrected chi connectivity index (χ0v) is 22.8. The van der Waals surface area contributed by atoms with Crippen molar-refractivity contribution < 1.29 is 14.4 Å². The molecule has 0 fully saturated rings. The molecule has 194 valence electrons. The average molecular weight is 560 g/mol. The number of benzene rings is 2. The van der Waals surface area contributed by atoms with Crippen molar-refractivity contribution in [3.8, 4) is 0 Å². The molecule has 4 N–H and O–H groups in total. The highest BCUT2D eigenvalue weighted by atomic mass is 35.5. The Morgan fingerprint density at radius 1 is 1.19 bits per heavy atom. The number of carbonyl (C=O) groups excluding carboxylic acids is 3. The zero-order valence-electron chi connectivity index (χ0n) is 20.5. The minimum absolute atomic E-state index is 0.0154. The number of nitrogens with one attached hydrogen (secondary N) is 2. The fourth-order valence-corrected chi connectivity index (χ4v) is 5.32. The van der Waals surface area contributed by atoms with E-state index < -0.39 is 6.04 Å². The van der Waals surface area contributed by atoms with Crippen molar-refractivity contribution in [2.75, 3.05) is 23.3 Å². The summed E-state index contributed by atoms with van der Waals surface area (Å²) in [5, 5.41) is 8.50. The van der Waals surface area contributed by atoms with Crippen molar-refractivity contribution >= 4 is 63.6 Å². The predicted molar refractivity (Wildman–Crippen MR) is 150 cm³/mol. The van der Waals surface area contributed by atoms with Crippen LogP contribution in [0.2, 0.25) is 10.0 Å². The van der Waals surface area contributed by atoms with Crippen molar-refractivity contribution in [1.29, 1.82) is 0 Å². The Morgan fingerprint density at radius 2 is 1.97 bits per heavy atom. The molecular formula is C27H28Cl2N4O3S. The second kappa shape index (κ2) is 11.2. The van der Waals surface area contributed by atoms with Crippen LogP contribution in [0, 0.1) is 5.41 Å². The average Bonchev–Trinajstić information content (AvgIpc) is 3.30. The molecule has 0 radical (unpaired) electrons. The maximum Gasteiger partial charge on any atom is 0.251 e. The highest BCUT2D eigenvalue weighted by molar-refractivity contribution is 7.10. The van der Waals surface area contributed by atoms with E-state index in [1.165, 1.54) is 11.3 Å². The lowest BCUT2D eigenvalue weighted by molar-refractivity contribution is -0.119. The van der Waals surface area contributed by atoms with Gasteiger partial charge in [-0.1, -0.05) is 49.2 Å². The lowest BCUT2D eigenvalue weighted by atomic mass is 9.94. The lowest BCUT2D eigenvalue weighted by Crippen LogP contribution is -2.38. The van der Waals surface area contributed by atoms with Crippen LogP contribution < -0.4 is 21.3 Å². The van der Waals surface area contributed by atoms with Gasteiger partial charge in [0.05, 0.1) is 30.3 Å². The molecule has 3 amide bonds. The molecule has 4 rings (SSSR count). The Labute approximate surface area is 229 Å². The number of rotatable bonds is 7. The number of thiophene rings is 1. The fourth-order valence-electron chi connectivity index (χ4n) is 4.09. The van der Waals surface area contributed by atoms with Crippen LogP contribution in [-0.4, -0.2) is 30.8 Å². The van der Waals surface area contributed by atoms with E-state index in [0.717, 1.165) is 4.88 Å². The smallest absolute Gasteiger partial charge is 0.251 e. The molecule has 1 aromatic heterocycles. The number of carbonyl (C=O) groups is 3. The number of amides is 3. The van der Waals surface area contributed by atoms with Crippen molar-refractivity contribution in [3.63, 3.8) is 0 Å². The zero-order chi connectivity index (χ0) is 26.7. The van der Waals surface area contributed by atoms with Crippen LogP contribution in [0.1, 0.15) is 47.1 Å². The normalized spacial score (nSPS) is 15.5. The first-order chi connectivity index (χ1) is 17.6. The first-order valence-corrected chi connectivity index (χ1v) is 13.4. The van der Waals surface area contributed by atoms with Crippen molar-refractivity contribution in [1.82, 2.24) is 5.32 Å². The molecule has 10 heteroatoms. The number of hydrogen-bond acceptors (Lipinski definition) is 5. The van der Waals surface area contributed by atoms with E-state index in [-0.39, 0.29) is 36.0 Å². The van der Waals surface area contributed by atoms with E-state index in [4.69, 9.17) is 28.9 Å². The Hall–Kier alpha value is -2.91. The molecule has 0 aliphatic carbocycles. The molecule has 0 spiro atoms. The minimum atomic E-state index is -0.663. The van der Waals surface area contributed by atoms with Gasteiger partial charge in [-0.25, -0.2) is 0 Å². The van der Waals surface area contributed by atoms with E-state index in [0.29, 0.717) is 45.6 Å². The van der Waals surface area contributed by atoms with Gasteiger partial charge in [-0.05, 0) is 59.3 Å². The summed E-state index contributed by atoms with van der Waals surface area (Å²) >= 11 is 14.1. The summed E-state index contributed by atoms with van der Waals surface area (Å²) in [6, 6.07) is 13.1. The number of hydrogen-bond donors (Lipinski definition) is 3. The molecule has 1 aliphatic heterocycles. The monoisotopic (exact) mass is 558 g/mol. The minimum Gasteiger partial charge on any atom is -0.351 e. The molecule has 2 aromatic carbocycles. The summed E-state index contributed by atoms with van der Waals surface area (Å²) < 4.78 is 0. The summed E-state index contributed by atoms with van der Waals surface area (Å²) in [7, 11) is 0. The molecular weight excluding hydrogens is 531 g/mol. The number of nitrogens with zero attached hydrogens (tertiary/aromatic N) is 1. The Morgan fingerprint density at radius 3 is 2.65 bits per heavy atom. The quantitative estimate of drug-likeness (QED) is 0.359. The van der Waals surface area contributed by atoms with Gasteiger partial charge in [0.15, 0.2) is 0 Å². The molecule has 0 saturated heterocycles. The van der Waals surface area contributed by atoms with E-state index in [1.807, 2.05) is 31.4 Å². The number of fused-ring (bicyclic) bond motifs is 1. The largest absolute Gasteiger partial charge is 0.351 e. The maximum atomic E-state index is 13.7. The van der Waals surface area contributed by atoms with Gasteiger partial charge in [0.2, 0.25) is 11.8 Å². The van der Waals surface area contributed by atoms with Gasteiger partial charge in [-0.2, -0.15) is 0 Å². The van der Waals surface area contributed by atoms with Gasteiger partial charge in [-0.3, -0.25) is 14.4 Å². The van der Waals surface area contributed by atoms with Crippen LogP contribution in [0.4, 0.5) is 11.4 Å². The van der Waals surface area contributed by atoms with Gasteiger partial charge in [0.25, 0.3) is 5.91 Å². The molecule has 7 nitrogen and oxygen atoms in total. The second-order valence-corrected chi connectivity index (χ2v) is 11.6. The molecule has 1 atom stereocenters. The third-order valence-corrected chi connectivity index (χ3v) is 7.70. The van der Waals surface area contributed by atoms with Gasteiger partial charge in [-0.15, -0.1) is 11.3 Å². The second-order valence-electron chi connectivity index (χ2n) is 9.74. The molecule has 1 aliphatic rings. The van der Waals surface area contributed by atoms with Crippen LogP contribution in [0.25, 0.3) is 0 Å². The third-order valence-electron chi connectivity index (χ3n) is 6.26. The fraction of sp³-hybridized carbons (Fsp3) is 0.296. The molecule has 2 heterocycles. The first kappa shape index (κ1) is 27.1. The van der Waals surface area contributed by atoms with Crippen LogP contribution in [0.3, 0.4) is 0 Å². The molecule has 3 aromatic rings. The van der Waals surface area contributed by atoms with E-state index in [2.05, 4.69) is 10.6 Å². The van der Waals surface area contributed by atoms with E-state index >= 15 is 0 Å². The number of nitrogens with two attached hydrogens (primary N) is 1. The van der Waals surface area contributed by atoms with E-state index in [1.54, 1.807) is 41.3 Å². The lowest BCUT2D eigenvalue weighted by Gasteiger charge is -2.31. The molecule has 0 saturated carbocycles. The standard InChI is InChI=1S/C27H28Cl2N4O3S/c1-27(2,14-30)15-31-26(36)16-5-8-22-21(10-16)32-24(34)13-23(19-7-6-17(28)11-20(19)29)33(22)25(35)12-18-4-3-9-37-18/h3-11,23H,12-15,30H2,1-2H3,(H,31,36)(H,32,34).